The van der Waals surface area contributed by atoms with Gasteiger partial charge in [0.2, 0.25) is 0 Å². The molecular formula is C22H23N3O2. The number of ether oxygens (including phenoxy) is 1. The minimum absolute atomic E-state index is 0.263. The molecule has 3 rings (SSSR count). The van der Waals surface area contributed by atoms with Crippen molar-refractivity contribution in [2.75, 3.05) is 7.11 Å². The molecule has 0 atom stereocenters. The molecule has 138 valence electrons. The zero-order valence-electron chi connectivity index (χ0n) is 16.0. The highest BCUT2D eigenvalue weighted by molar-refractivity contribution is 5.95. The normalized spacial score (nSPS) is 11.0. The Kier molecular flexibility index (Phi) is 5.41. The average molecular weight is 361 g/mol. The summed E-state index contributed by atoms with van der Waals surface area (Å²) in [6.45, 7) is 6.18. The van der Waals surface area contributed by atoms with Gasteiger partial charge in [0.25, 0.3) is 5.91 Å². The van der Waals surface area contributed by atoms with Crippen LogP contribution in [0.15, 0.2) is 59.7 Å². The van der Waals surface area contributed by atoms with Gasteiger partial charge in [-0.05, 0) is 68.8 Å². The van der Waals surface area contributed by atoms with Crippen LogP contribution in [0.2, 0.25) is 0 Å². The number of aromatic nitrogens is 1. The summed E-state index contributed by atoms with van der Waals surface area (Å²) < 4.78 is 7.27. The van der Waals surface area contributed by atoms with Crippen molar-refractivity contribution in [1.29, 1.82) is 0 Å². The standard InChI is InChI=1S/C22H23N3O2/c1-15-6-5-7-20(12-15)25-16(2)13-19(17(25)3)14-23-24-22(26)18-8-10-21(27-4)11-9-18/h5-14H,1-4H3,(H,24,26)/b23-14-. The van der Waals surface area contributed by atoms with Gasteiger partial charge in [-0.15, -0.1) is 0 Å². The Labute approximate surface area is 159 Å². The molecule has 0 aliphatic carbocycles. The van der Waals surface area contributed by atoms with E-state index in [1.807, 2.05) is 13.0 Å². The van der Waals surface area contributed by atoms with Gasteiger partial charge in [-0.3, -0.25) is 4.79 Å². The first-order chi connectivity index (χ1) is 13.0. The number of hydrogen-bond acceptors (Lipinski definition) is 3. The van der Waals surface area contributed by atoms with Crippen LogP contribution < -0.4 is 10.2 Å². The van der Waals surface area contributed by atoms with E-state index in [2.05, 4.69) is 53.2 Å². The number of methoxy groups -OCH3 is 1. The third-order valence-corrected chi connectivity index (χ3v) is 4.45. The molecule has 0 radical (unpaired) electrons. The first kappa shape index (κ1) is 18.5. The highest BCUT2D eigenvalue weighted by Gasteiger charge is 2.10. The fraction of sp³-hybridized carbons (Fsp3) is 0.182. The monoisotopic (exact) mass is 361 g/mol. The van der Waals surface area contributed by atoms with Gasteiger partial charge in [0, 0.05) is 28.2 Å². The fourth-order valence-electron chi connectivity index (χ4n) is 3.05. The summed E-state index contributed by atoms with van der Waals surface area (Å²) in [5.41, 5.74) is 8.57. The lowest BCUT2D eigenvalue weighted by Crippen LogP contribution is -2.17. The number of nitrogens with one attached hydrogen (secondary N) is 1. The summed E-state index contributed by atoms with van der Waals surface area (Å²) in [5, 5.41) is 4.12. The molecule has 0 spiro atoms. The lowest BCUT2D eigenvalue weighted by molar-refractivity contribution is 0.0955. The molecule has 27 heavy (non-hydrogen) atoms. The lowest BCUT2D eigenvalue weighted by Gasteiger charge is -2.10. The zero-order chi connectivity index (χ0) is 19.4. The minimum atomic E-state index is -0.263. The number of benzene rings is 2. The van der Waals surface area contributed by atoms with Crippen LogP contribution in [0.5, 0.6) is 5.75 Å². The number of nitrogens with zero attached hydrogens (tertiary/aromatic N) is 2. The topological polar surface area (TPSA) is 55.6 Å². The van der Waals surface area contributed by atoms with Crippen molar-refractivity contribution in [2.45, 2.75) is 20.8 Å². The third-order valence-electron chi connectivity index (χ3n) is 4.45. The number of carbonyl (C=O) groups excluding carboxylic acids is 1. The Hall–Kier alpha value is -3.34. The van der Waals surface area contributed by atoms with Crippen molar-refractivity contribution in [1.82, 2.24) is 9.99 Å². The van der Waals surface area contributed by atoms with Gasteiger partial charge in [0.05, 0.1) is 13.3 Å². The van der Waals surface area contributed by atoms with Crippen LogP contribution in [0, 0.1) is 20.8 Å². The van der Waals surface area contributed by atoms with Gasteiger partial charge in [0.15, 0.2) is 0 Å². The summed E-state index contributed by atoms with van der Waals surface area (Å²) in [6, 6.07) is 17.3. The Bertz CT molecular complexity index is 985. The second-order valence-electron chi connectivity index (χ2n) is 6.43. The maximum absolute atomic E-state index is 12.2. The van der Waals surface area contributed by atoms with E-state index in [0.717, 1.165) is 22.6 Å². The number of hydrogen-bond donors (Lipinski definition) is 1. The van der Waals surface area contributed by atoms with E-state index in [1.54, 1.807) is 37.6 Å². The van der Waals surface area contributed by atoms with Crippen LogP contribution in [-0.4, -0.2) is 23.8 Å². The SMILES string of the molecule is COc1ccc(C(=O)N/N=C\c2cc(C)n(-c3cccc(C)c3)c2C)cc1. The summed E-state index contributed by atoms with van der Waals surface area (Å²) in [6.07, 6.45) is 1.68. The van der Waals surface area contributed by atoms with Crippen LogP contribution in [0.1, 0.15) is 32.9 Å². The van der Waals surface area contributed by atoms with Crippen LogP contribution in [0.3, 0.4) is 0 Å². The Morgan fingerprint density at radius 2 is 1.81 bits per heavy atom. The molecule has 1 heterocycles. The Morgan fingerprint density at radius 1 is 1.07 bits per heavy atom. The molecule has 1 N–H and O–H groups in total. The summed E-state index contributed by atoms with van der Waals surface area (Å²) >= 11 is 0. The van der Waals surface area contributed by atoms with Crippen molar-refractivity contribution < 1.29 is 9.53 Å². The fourth-order valence-corrected chi connectivity index (χ4v) is 3.05. The summed E-state index contributed by atoms with van der Waals surface area (Å²) in [7, 11) is 1.59. The van der Waals surface area contributed by atoms with E-state index in [9.17, 15) is 4.79 Å². The second-order valence-corrected chi connectivity index (χ2v) is 6.43. The molecule has 3 aromatic rings. The smallest absolute Gasteiger partial charge is 0.271 e. The van der Waals surface area contributed by atoms with Gasteiger partial charge >= 0.3 is 0 Å². The highest BCUT2D eigenvalue weighted by Crippen LogP contribution is 2.20. The maximum atomic E-state index is 12.2. The number of carbonyl (C=O) groups is 1. The van der Waals surface area contributed by atoms with E-state index in [1.165, 1.54) is 5.56 Å². The van der Waals surface area contributed by atoms with Crippen LogP contribution in [-0.2, 0) is 0 Å². The van der Waals surface area contributed by atoms with Gasteiger partial charge in [-0.1, -0.05) is 12.1 Å². The van der Waals surface area contributed by atoms with Gasteiger partial charge in [0.1, 0.15) is 5.75 Å². The van der Waals surface area contributed by atoms with Crippen molar-refractivity contribution in [3.8, 4) is 11.4 Å². The zero-order valence-corrected chi connectivity index (χ0v) is 16.0. The van der Waals surface area contributed by atoms with Gasteiger partial charge in [-0.25, -0.2) is 5.43 Å². The average Bonchev–Trinajstić information content (AvgIpc) is 2.95. The second kappa shape index (κ2) is 7.91. The number of hydrazone groups is 1. The molecule has 1 amide bonds. The molecule has 0 bridgehead atoms. The first-order valence-electron chi connectivity index (χ1n) is 8.73. The number of aryl methyl sites for hydroxylation is 2. The van der Waals surface area contributed by atoms with Crippen molar-refractivity contribution >= 4 is 12.1 Å². The largest absolute Gasteiger partial charge is 0.497 e. The van der Waals surface area contributed by atoms with Crippen molar-refractivity contribution in [3.63, 3.8) is 0 Å². The van der Waals surface area contributed by atoms with E-state index in [4.69, 9.17) is 4.74 Å². The Balaban J connectivity index is 1.75. The molecule has 0 unspecified atom stereocenters. The quantitative estimate of drug-likeness (QED) is 0.548. The predicted octanol–water partition coefficient (Wildman–Crippen LogP) is 4.18. The van der Waals surface area contributed by atoms with E-state index < -0.39 is 0 Å². The van der Waals surface area contributed by atoms with Crippen LogP contribution in [0.25, 0.3) is 5.69 Å². The highest BCUT2D eigenvalue weighted by atomic mass is 16.5. The molecular weight excluding hydrogens is 338 g/mol. The molecule has 1 aromatic heterocycles. The number of rotatable bonds is 5. The summed E-state index contributed by atoms with van der Waals surface area (Å²) in [4.78, 5) is 12.2. The third kappa shape index (κ3) is 4.08. The summed E-state index contributed by atoms with van der Waals surface area (Å²) in [5.74, 6) is 0.444. The molecule has 5 heteroatoms. The van der Waals surface area contributed by atoms with Crippen molar-refractivity contribution in [2.24, 2.45) is 5.10 Å². The van der Waals surface area contributed by atoms with Crippen molar-refractivity contribution in [3.05, 3.63) is 82.7 Å². The van der Waals surface area contributed by atoms with Gasteiger partial charge < -0.3 is 9.30 Å². The predicted molar refractivity (Wildman–Crippen MR) is 108 cm³/mol. The Morgan fingerprint density at radius 3 is 2.48 bits per heavy atom. The first-order valence-corrected chi connectivity index (χ1v) is 8.73. The molecule has 0 aliphatic heterocycles. The minimum Gasteiger partial charge on any atom is -0.497 e. The van der Waals surface area contributed by atoms with Crippen LogP contribution in [0.4, 0.5) is 0 Å². The van der Waals surface area contributed by atoms with E-state index in [0.29, 0.717) is 11.3 Å². The molecule has 0 saturated carbocycles. The van der Waals surface area contributed by atoms with E-state index >= 15 is 0 Å². The lowest BCUT2D eigenvalue weighted by atomic mass is 10.2. The van der Waals surface area contributed by atoms with E-state index in [-0.39, 0.29) is 5.91 Å². The van der Waals surface area contributed by atoms with Crippen LogP contribution >= 0.6 is 0 Å². The molecule has 0 saturated heterocycles. The van der Waals surface area contributed by atoms with Gasteiger partial charge in [-0.2, -0.15) is 5.10 Å². The molecule has 0 fully saturated rings. The molecule has 2 aromatic carbocycles. The molecule has 0 aliphatic rings. The molecule has 5 nitrogen and oxygen atoms in total. The number of amides is 1. The maximum Gasteiger partial charge on any atom is 0.271 e.